The van der Waals surface area contributed by atoms with E-state index in [1.54, 1.807) is 18.2 Å². The molecule has 3 nitrogen and oxygen atoms in total. The molecule has 1 aromatic heterocycles. The van der Waals surface area contributed by atoms with Gasteiger partial charge < -0.3 is 0 Å². The molecule has 0 saturated heterocycles. The maximum absolute atomic E-state index is 13.5. The van der Waals surface area contributed by atoms with Crippen LogP contribution in [0.15, 0.2) is 24.3 Å². The van der Waals surface area contributed by atoms with E-state index in [4.69, 9.17) is 0 Å². The van der Waals surface area contributed by atoms with Crippen molar-refractivity contribution < 1.29 is 8.78 Å². The van der Waals surface area contributed by atoms with Gasteiger partial charge in [0, 0.05) is 13.1 Å². The number of alkyl halides is 2. The Bertz CT molecular complexity index is 595. The van der Waals surface area contributed by atoms with E-state index in [0.29, 0.717) is 35.2 Å². The molecule has 0 unspecified atom stereocenters. The number of fused-ring (bicyclic) bond motifs is 1. The summed E-state index contributed by atoms with van der Waals surface area (Å²) < 4.78 is 28.0. The lowest BCUT2D eigenvalue weighted by Crippen LogP contribution is -2.32. The molecule has 122 valence electrons. The van der Waals surface area contributed by atoms with Crippen molar-refractivity contribution in [2.45, 2.75) is 40.8 Å². The highest BCUT2D eigenvalue weighted by atomic mass is 19.3. The molecule has 22 heavy (non-hydrogen) atoms. The fourth-order valence-corrected chi connectivity index (χ4v) is 2.86. The van der Waals surface area contributed by atoms with Gasteiger partial charge in [-0.25, -0.2) is 4.98 Å². The van der Waals surface area contributed by atoms with Crippen molar-refractivity contribution in [2.75, 3.05) is 13.1 Å². The Kier molecular flexibility index (Phi) is 5.51. The van der Waals surface area contributed by atoms with Crippen molar-refractivity contribution in [3.05, 3.63) is 30.1 Å². The van der Waals surface area contributed by atoms with Gasteiger partial charge in [-0.3, -0.25) is 9.47 Å². The summed E-state index contributed by atoms with van der Waals surface area (Å²) in [5.74, 6) is 1.42. The lowest BCUT2D eigenvalue weighted by Gasteiger charge is -2.26. The molecule has 0 amide bonds. The van der Waals surface area contributed by atoms with E-state index in [9.17, 15) is 8.78 Å². The molecule has 0 aliphatic carbocycles. The van der Waals surface area contributed by atoms with E-state index in [1.165, 1.54) is 0 Å². The van der Waals surface area contributed by atoms with Gasteiger partial charge in [-0.05, 0) is 24.0 Å². The summed E-state index contributed by atoms with van der Waals surface area (Å²) in [7, 11) is 0. The van der Waals surface area contributed by atoms with Crippen molar-refractivity contribution in [3.63, 3.8) is 0 Å². The summed E-state index contributed by atoms with van der Waals surface area (Å²) in [6, 6.07) is 7.09. The number of imidazole rings is 1. The van der Waals surface area contributed by atoms with Gasteiger partial charge in [0.25, 0.3) is 0 Å². The highest BCUT2D eigenvalue weighted by molar-refractivity contribution is 5.75. The van der Waals surface area contributed by atoms with E-state index < -0.39 is 6.55 Å². The van der Waals surface area contributed by atoms with Gasteiger partial charge in [-0.15, -0.1) is 0 Å². The number of para-hydroxylation sites is 2. The van der Waals surface area contributed by atoms with Gasteiger partial charge >= 0.3 is 6.55 Å². The minimum absolute atomic E-state index is 0.442. The van der Waals surface area contributed by atoms with E-state index in [-0.39, 0.29) is 0 Å². The second kappa shape index (κ2) is 7.18. The van der Waals surface area contributed by atoms with E-state index in [2.05, 4.69) is 37.6 Å². The predicted octanol–water partition coefficient (Wildman–Crippen LogP) is 4.55. The fraction of sp³-hybridized carbons (Fsp3) is 0.588. The molecule has 1 heterocycles. The second-order valence-electron chi connectivity index (χ2n) is 6.65. The van der Waals surface area contributed by atoms with Crippen molar-refractivity contribution in [1.82, 2.24) is 14.5 Å². The van der Waals surface area contributed by atoms with Crippen LogP contribution in [0.5, 0.6) is 0 Å². The zero-order valence-electron chi connectivity index (χ0n) is 13.8. The quantitative estimate of drug-likeness (QED) is 0.748. The Morgan fingerprint density at radius 2 is 1.64 bits per heavy atom. The lowest BCUT2D eigenvalue weighted by atomic mass is 10.1. The van der Waals surface area contributed by atoms with Crippen LogP contribution in [0.1, 0.15) is 40.1 Å². The van der Waals surface area contributed by atoms with Crippen molar-refractivity contribution in [1.29, 1.82) is 0 Å². The molecular formula is C17H25F2N3. The first-order chi connectivity index (χ1) is 10.4. The highest BCUT2D eigenvalue weighted by Gasteiger charge is 2.20. The maximum atomic E-state index is 13.5. The summed E-state index contributed by atoms with van der Waals surface area (Å²) >= 11 is 0. The van der Waals surface area contributed by atoms with Gasteiger partial charge in [0.1, 0.15) is 5.82 Å². The van der Waals surface area contributed by atoms with E-state index >= 15 is 0 Å². The molecule has 0 spiro atoms. The first-order valence-corrected chi connectivity index (χ1v) is 7.84. The SMILES string of the molecule is CC(C)CN(Cc1nc2ccccc2n1C(F)F)CC(C)C. The van der Waals surface area contributed by atoms with Gasteiger partial charge in [0.15, 0.2) is 0 Å². The van der Waals surface area contributed by atoms with Crippen LogP contribution in [-0.2, 0) is 6.54 Å². The summed E-state index contributed by atoms with van der Waals surface area (Å²) in [5, 5.41) is 0. The Labute approximate surface area is 130 Å². The van der Waals surface area contributed by atoms with Crippen LogP contribution >= 0.6 is 0 Å². The molecule has 1 aromatic carbocycles. The molecule has 0 N–H and O–H groups in total. The normalized spacial score (nSPS) is 12.5. The first kappa shape index (κ1) is 16.9. The number of aromatic nitrogens is 2. The number of hydrogen-bond acceptors (Lipinski definition) is 2. The van der Waals surface area contributed by atoms with Crippen LogP contribution in [0.2, 0.25) is 0 Å². The molecule has 0 radical (unpaired) electrons. The number of halogens is 2. The molecule has 5 heteroatoms. The van der Waals surface area contributed by atoms with Crippen LogP contribution in [0.3, 0.4) is 0 Å². The van der Waals surface area contributed by atoms with Crippen LogP contribution in [-0.4, -0.2) is 27.5 Å². The van der Waals surface area contributed by atoms with E-state index in [0.717, 1.165) is 17.7 Å². The average Bonchev–Trinajstić information content (AvgIpc) is 2.74. The molecule has 0 aliphatic heterocycles. The summed E-state index contributed by atoms with van der Waals surface area (Å²) in [4.78, 5) is 6.65. The zero-order valence-corrected chi connectivity index (χ0v) is 13.8. The molecule has 0 fully saturated rings. The van der Waals surface area contributed by atoms with Crippen LogP contribution in [0, 0.1) is 11.8 Å². The molecule has 2 aromatic rings. The molecule has 0 bridgehead atoms. The summed E-state index contributed by atoms with van der Waals surface area (Å²) in [5.41, 5.74) is 1.13. The summed E-state index contributed by atoms with van der Waals surface area (Å²) in [6.45, 7) is 8.21. The van der Waals surface area contributed by atoms with E-state index in [1.807, 2.05) is 6.07 Å². The third kappa shape index (κ3) is 4.03. The standard InChI is InChI=1S/C17H25F2N3/c1-12(2)9-21(10-13(3)4)11-16-20-14-7-5-6-8-15(14)22(16)17(18)19/h5-8,12-13,17H,9-11H2,1-4H3. The minimum Gasteiger partial charge on any atom is -0.295 e. The van der Waals surface area contributed by atoms with Crippen LogP contribution in [0.25, 0.3) is 11.0 Å². The van der Waals surface area contributed by atoms with Crippen molar-refractivity contribution in [3.8, 4) is 0 Å². The summed E-state index contributed by atoms with van der Waals surface area (Å²) in [6.07, 6.45) is 0. The molecule has 0 atom stereocenters. The fourth-order valence-electron chi connectivity index (χ4n) is 2.86. The van der Waals surface area contributed by atoms with Crippen LogP contribution in [0.4, 0.5) is 8.78 Å². The molecule has 0 saturated carbocycles. The van der Waals surface area contributed by atoms with Gasteiger partial charge in [0.2, 0.25) is 0 Å². The smallest absolute Gasteiger partial charge is 0.295 e. The number of benzene rings is 1. The van der Waals surface area contributed by atoms with Crippen molar-refractivity contribution in [2.24, 2.45) is 11.8 Å². The Balaban J connectivity index is 2.33. The van der Waals surface area contributed by atoms with Crippen molar-refractivity contribution >= 4 is 11.0 Å². The Morgan fingerprint density at radius 3 is 2.18 bits per heavy atom. The number of nitrogens with zero attached hydrogens (tertiary/aromatic N) is 3. The van der Waals surface area contributed by atoms with Gasteiger partial charge in [-0.1, -0.05) is 39.8 Å². The third-order valence-electron chi connectivity index (χ3n) is 3.48. The van der Waals surface area contributed by atoms with Crippen LogP contribution < -0.4 is 0 Å². The lowest BCUT2D eigenvalue weighted by molar-refractivity contribution is 0.0674. The topological polar surface area (TPSA) is 21.1 Å². The number of hydrogen-bond donors (Lipinski definition) is 0. The molecular weight excluding hydrogens is 284 g/mol. The molecule has 0 aliphatic rings. The monoisotopic (exact) mass is 309 g/mol. The second-order valence-corrected chi connectivity index (χ2v) is 6.65. The zero-order chi connectivity index (χ0) is 16.3. The largest absolute Gasteiger partial charge is 0.320 e. The Morgan fingerprint density at radius 1 is 1.05 bits per heavy atom. The van der Waals surface area contributed by atoms with Gasteiger partial charge in [0.05, 0.1) is 17.6 Å². The molecule has 2 rings (SSSR count). The number of rotatable bonds is 7. The predicted molar refractivity (Wildman–Crippen MR) is 85.9 cm³/mol. The van der Waals surface area contributed by atoms with Gasteiger partial charge in [-0.2, -0.15) is 8.78 Å². The maximum Gasteiger partial charge on any atom is 0.320 e. The minimum atomic E-state index is -2.57. The first-order valence-electron chi connectivity index (χ1n) is 7.84. The highest BCUT2D eigenvalue weighted by Crippen LogP contribution is 2.24. The Hall–Kier alpha value is -1.49. The third-order valence-corrected chi connectivity index (χ3v) is 3.48. The average molecular weight is 309 g/mol.